The van der Waals surface area contributed by atoms with Crippen molar-refractivity contribution in [3.05, 3.63) is 64.4 Å². The fourth-order valence-electron chi connectivity index (χ4n) is 1.87. The van der Waals surface area contributed by atoms with Crippen molar-refractivity contribution in [2.45, 2.75) is 4.90 Å². The summed E-state index contributed by atoms with van der Waals surface area (Å²) >= 11 is 7.37. The fraction of sp³-hybridized carbons (Fsp3) is 0.118. The summed E-state index contributed by atoms with van der Waals surface area (Å²) in [6, 6.07) is 10.1. The van der Waals surface area contributed by atoms with Crippen LogP contribution in [0.15, 0.2) is 47.4 Å². The first-order chi connectivity index (χ1) is 12.4. The average molecular weight is 397 g/mol. The van der Waals surface area contributed by atoms with Crippen LogP contribution in [-0.4, -0.2) is 30.6 Å². The van der Waals surface area contributed by atoms with Gasteiger partial charge in [0, 0.05) is 4.90 Å². The molecule has 0 heterocycles. The zero-order valence-corrected chi connectivity index (χ0v) is 15.1. The molecule has 9 heteroatoms. The largest absolute Gasteiger partial charge is 0.452 e. The van der Waals surface area contributed by atoms with Crippen molar-refractivity contribution in [3.8, 4) is 0 Å². The number of hydrogen-bond donors (Lipinski definition) is 2. The van der Waals surface area contributed by atoms with E-state index in [4.69, 9.17) is 16.3 Å². The number of ether oxygens (including phenoxy) is 1. The highest BCUT2D eigenvalue weighted by molar-refractivity contribution is 7.98. The Hall–Kier alpha value is -2.58. The summed E-state index contributed by atoms with van der Waals surface area (Å²) < 4.78 is 18.3. The number of esters is 1. The molecule has 0 aliphatic rings. The van der Waals surface area contributed by atoms with Crippen molar-refractivity contribution in [2.24, 2.45) is 0 Å². The predicted octanol–water partition coefficient (Wildman–Crippen LogP) is 2.82. The van der Waals surface area contributed by atoms with Crippen molar-refractivity contribution >= 4 is 41.1 Å². The van der Waals surface area contributed by atoms with E-state index in [1.807, 2.05) is 17.1 Å². The van der Waals surface area contributed by atoms with Crippen LogP contribution in [0.2, 0.25) is 5.02 Å². The molecule has 2 N–H and O–H groups in total. The van der Waals surface area contributed by atoms with Crippen molar-refractivity contribution in [1.82, 2.24) is 10.9 Å². The second kappa shape index (κ2) is 9.21. The molecule has 2 amide bonds. The highest BCUT2D eigenvalue weighted by atomic mass is 35.5. The number of amides is 2. The van der Waals surface area contributed by atoms with E-state index >= 15 is 0 Å². The van der Waals surface area contributed by atoms with Gasteiger partial charge in [-0.2, -0.15) is 0 Å². The van der Waals surface area contributed by atoms with Crippen LogP contribution in [0.1, 0.15) is 20.7 Å². The molecule has 0 radical (unpaired) electrons. The Morgan fingerprint density at radius 1 is 1.12 bits per heavy atom. The number of carbonyl (C=O) groups excluding carboxylic acids is 3. The smallest absolute Gasteiger partial charge is 0.340 e. The average Bonchev–Trinajstić information content (AvgIpc) is 2.65. The third-order valence-corrected chi connectivity index (χ3v) is 4.22. The molecule has 0 fully saturated rings. The Bertz CT molecular complexity index is 847. The molecule has 2 aromatic carbocycles. The number of nitrogens with one attached hydrogen (secondary N) is 2. The number of benzene rings is 2. The van der Waals surface area contributed by atoms with Crippen LogP contribution in [0, 0.1) is 5.82 Å². The Morgan fingerprint density at radius 2 is 1.85 bits per heavy atom. The van der Waals surface area contributed by atoms with E-state index in [1.165, 1.54) is 30.0 Å². The summed E-state index contributed by atoms with van der Waals surface area (Å²) in [7, 11) is 0. The van der Waals surface area contributed by atoms with Gasteiger partial charge in [-0.05, 0) is 36.6 Å². The SMILES string of the molecule is CSc1ccc(Cl)c(C(=O)OCC(=O)NNC(=O)c2ccccc2F)c1. The third-order valence-electron chi connectivity index (χ3n) is 3.16. The topological polar surface area (TPSA) is 84.5 Å². The number of carbonyl (C=O) groups is 3. The number of hydrazine groups is 1. The van der Waals surface area contributed by atoms with Gasteiger partial charge in [0.15, 0.2) is 6.61 Å². The summed E-state index contributed by atoms with van der Waals surface area (Å²) in [5, 5.41) is 0.195. The molecular formula is C17H14ClFN2O4S. The van der Waals surface area contributed by atoms with Gasteiger partial charge in [-0.3, -0.25) is 20.4 Å². The molecule has 0 saturated carbocycles. The second-order valence-corrected chi connectivity index (χ2v) is 6.19. The lowest BCUT2D eigenvalue weighted by atomic mass is 10.2. The minimum absolute atomic E-state index is 0.127. The van der Waals surface area contributed by atoms with Gasteiger partial charge < -0.3 is 4.74 Å². The van der Waals surface area contributed by atoms with Gasteiger partial charge in [0.1, 0.15) is 5.82 Å². The van der Waals surface area contributed by atoms with E-state index in [0.29, 0.717) is 0 Å². The molecule has 0 aromatic heterocycles. The van der Waals surface area contributed by atoms with Gasteiger partial charge in [0.25, 0.3) is 11.8 Å². The number of rotatable bonds is 5. The van der Waals surface area contributed by atoms with E-state index in [0.717, 1.165) is 11.0 Å². The lowest BCUT2D eigenvalue weighted by Crippen LogP contribution is -2.43. The molecule has 0 spiro atoms. The summed E-state index contributed by atoms with van der Waals surface area (Å²) in [6.07, 6.45) is 1.84. The van der Waals surface area contributed by atoms with Gasteiger partial charge in [-0.15, -0.1) is 11.8 Å². The zero-order chi connectivity index (χ0) is 19.1. The number of halogens is 2. The first-order valence-electron chi connectivity index (χ1n) is 7.26. The highest BCUT2D eigenvalue weighted by Gasteiger charge is 2.16. The minimum Gasteiger partial charge on any atom is -0.452 e. The van der Waals surface area contributed by atoms with Crippen LogP contribution >= 0.6 is 23.4 Å². The van der Waals surface area contributed by atoms with Crippen molar-refractivity contribution < 1.29 is 23.5 Å². The Morgan fingerprint density at radius 3 is 2.54 bits per heavy atom. The lowest BCUT2D eigenvalue weighted by molar-refractivity contribution is -0.125. The molecule has 6 nitrogen and oxygen atoms in total. The molecule has 0 atom stereocenters. The third kappa shape index (κ3) is 5.21. The van der Waals surface area contributed by atoms with Crippen molar-refractivity contribution in [1.29, 1.82) is 0 Å². The van der Waals surface area contributed by atoms with Gasteiger partial charge in [-0.1, -0.05) is 23.7 Å². The van der Waals surface area contributed by atoms with E-state index < -0.39 is 30.2 Å². The second-order valence-electron chi connectivity index (χ2n) is 4.90. The van der Waals surface area contributed by atoms with E-state index in [1.54, 1.807) is 18.2 Å². The molecule has 0 aliphatic carbocycles. The van der Waals surface area contributed by atoms with Crippen LogP contribution in [-0.2, 0) is 9.53 Å². The zero-order valence-electron chi connectivity index (χ0n) is 13.5. The molecular weight excluding hydrogens is 383 g/mol. The quantitative estimate of drug-likeness (QED) is 0.461. The molecule has 2 aromatic rings. The van der Waals surface area contributed by atoms with E-state index in [9.17, 15) is 18.8 Å². The fourth-order valence-corrected chi connectivity index (χ4v) is 2.51. The van der Waals surface area contributed by atoms with Crippen LogP contribution in [0.4, 0.5) is 4.39 Å². The van der Waals surface area contributed by atoms with E-state index in [2.05, 4.69) is 0 Å². The first-order valence-corrected chi connectivity index (χ1v) is 8.87. The van der Waals surface area contributed by atoms with E-state index in [-0.39, 0.29) is 16.1 Å². The molecule has 2 rings (SSSR count). The van der Waals surface area contributed by atoms with Gasteiger partial charge in [0.2, 0.25) is 0 Å². The number of hydrogen-bond acceptors (Lipinski definition) is 5. The summed E-state index contributed by atoms with van der Waals surface area (Å²) in [6.45, 7) is -0.643. The maximum Gasteiger partial charge on any atom is 0.340 e. The Balaban J connectivity index is 1.86. The van der Waals surface area contributed by atoms with Crippen LogP contribution in [0.3, 0.4) is 0 Å². The lowest BCUT2D eigenvalue weighted by Gasteiger charge is -2.09. The maximum absolute atomic E-state index is 13.4. The molecule has 0 aliphatic heterocycles. The van der Waals surface area contributed by atoms with Crippen LogP contribution in [0.5, 0.6) is 0 Å². The normalized spacial score (nSPS) is 10.1. The van der Waals surface area contributed by atoms with Gasteiger partial charge in [-0.25, -0.2) is 9.18 Å². The molecule has 26 heavy (non-hydrogen) atoms. The standard InChI is InChI=1S/C17H14ClFN2O4S/c1-26-10-6-7-13(18)12(8-10)17(24)25-9-15(22)20-21-16(23)11-4-2-3-5-14(11)19/h2-8H,9H2,1H3,(H,20,22)(H,21,23). The molecule has 136 valence electrons. The Kier molecular flexibility index (Phi) is 6.99. The first kappa shape index (κ1) is 19.7. The highest BCUT2D eigenvalue weighted by Crippen LogP contribution is 2.23. The monoisotopic (exact) mass is 396 g/mol. The van der Waals surface area contributed by atoms with Gasteiger partial charge >= 0.3 is 5.97 Å². The molecule has 0 bridgehead atoms. The van der Waals surface area contributed by atoms with Crippen molar-refractivity contribution in [2.75, 3.05) is 12.9 Å². The summed E-state index contributed by atoms with van der Waals surface area (Å²) in [4.78, 5) is 36.2. The van der Waals surface area contributed by atoms with Crippen LogP contribution < -0.4 is 10.9 Å². The Labute approximate surface area is 158 Å². The van der Waals surface area contributed by atoms with Gasteiger partial charge in [0.05, 0.1) is 16.1 Å². The predicted molar refractivity (Wildman–Crippen MR) is 95.5 cm³/mol. The minimum atomic E-state index is -0.835. The molecule has 0 saturated heterocycles. The maximum atomic E-state index is 13.4. The molecule has 0 unspecified atom stereocenters. The summed E-state index contributed by atoms with van der Waals surface area (Å²) in [5.41, 5.74) is 3.96. The number of thioether (sulfide) groups is 1. The van der Waals surface area contributed by atoms with Crippen LogP contribution in [0.25, 0.3) is 0 Å². The summed E-state index contributed by atoms with van der Waals surface area (Å²) in [5.74, 6) is -3.13. The van der Waals surface area contributed by atoms with Crippen molar-refractivity contribution in [3.63, 3.8) is 0 Å².